The minimum Gasteiger partial charge on any atom is -0.369 e. The third-order valence-corrected chi connectivity index (χ3v) is 3.23. The Morgan fingerprint density at radius 3 is 2.75 bits per heavy atom. The fourth-order valence-corrected chi connectivity index (χ4v) is 2.42. The van der Waals surface area contributed by atoms with Gasteiger partial charge in [0.15, 0.2) is 6.23 Å². The molecule has 2 amide bonds. The van der Waals surface area contributed by atoms with Gasteiger partial charge in [-0.25, -0.2) is 4.79 Å². The van der Waals surface area contributed by atoms with Crippen LogP contribution in [0.15, 0.2) is 30.3 Å². The van der Waals surface area contributed by atoms with Crippen molar-refractivity contribution in [1.29, 1.82) is 0 Å². The van der Waals surface area contributed by atoms with Gasteiger partial charge in [-0.05, 0) is 32.9 Å². The maximum Gasteiger partial charge on any atom is 0.324 e. The Balaban J connectivity index is 2.08. The molecule has 0 radical (unpaired) electrons. The monoisotopic (exact) mass is 278 g/mol. The second kappa shape index (κ2) is 6.72. The minimum absolute atomic E-state index is 0.00299. The van der Waals surface area contributed by atoms with E-state index in [2.05, 4.69) is 5.32 Å². The summed E-state index contributed by atoms with van der Waals surface area (Å²) >= 11 is 0. The van der Waals surface area contributed by atoms with Crippen LogP contribution in [-0.4, -0.2) is 42.5 Å². The Hall–Kier alpha value is -1.59. The lowest BCUT2D eigenvalue weighted by Crippen LogP contribution is -2.57. The number of ether oxygens (including phenoxy) is 2. The predicted molar refractivity (Wildman–Crippen MR) is 77.6 cm³/mol. The Bertz CT molecular complexity index is 438. The molecule has 0 aromatic heterocycles. The van der Waals surface area contributed by atoms with E-state index in [1.165, 1.54) is 0 Å². The number of urea groups is 1. The van der Waals surface area contributed by atoms with E-state index in [1.54, 1.807) is 4.90 Å². The number of anilines is 1. The average molecular weight is 278 g/mol. The highest BCUT2D eigenvalue weighted by Gasteiger charge is 2.36. The molecule has 1 saturated heterocycles. The zero-order valence-corrected chi connectivity index (χ0v) is 12.2. The summed E-state index contributed by atoms with van der Waals surface area (Å²) in [7, 11) is 0. The molecule has 5 heteroatoms. The molecular weight excluding hydrogens is 256 g/mol. The second-order valence-electron chi connectivity index (χ2n) is 4.95. The van der Waals surface area contributed by atoms with E-state index in [-0.39, 0.29) is 24.5 Å². The summed E-state index contributed by atoms with van der Waals surface area (Å²) in [5.41, 5.74) is 0.777. The fraction of sp³-hybridized carbons (Fsp3) is 0.533. The van der Waals surface area contributed by atoms with Gasteiger partial charge in [0.25, 0.3) is 0 Å². The molecule has 2 rings (SSSR count). The molecule has 110 valence electrons. The topological polar surface area (TPSA) is 50.8 Å². The van der Waals surface area contributed by atoms with Crippen LogP contribution < -0.4 is 5.32 Å². The highest BCUT2D eigenvalue weighted by molar-refractivity contribution is 5.89. The molecule has 1 fully saturated rings. The van der Waals surface area contributed by atoms with Crippen molar-refractivity contribution < 1.29 is 14.3 Å². The van der Waals surface area contributed by atoms with E-state index in [0.29, 0.717) is 13.2 Å². The van der Waals surface area contributed by atoms with E-state index in [9.17, 15) is 4.79 Å². The van der Waals surface area contributed by atoms with E-state index < -0.39 is 0 Å². The number of carbonyl (C=O) groups is 1. The van der Waals surface area contributed by atoms with Gasteiger partial charge in [0.1, 0.15) is 6.10 Å². The zero-order valence-electron chi connectivity index (χ0n) is 12.2. The molecule has 0 spiro atoms. The van der Waals surface area contributed by atoms with Gasteiger partial charge in [-0.2, -0.15) is 0 Å². The van der Waals surface area contributed by atoms with Crippen LogP contribution in [0.1, 0.15) is 20.8 Å². The highest BCUT2D eigenvalue weighted by atomic mass is 16.6. The van der Waals surface area contributed by atoms with Crippen molar-refractivity contribution in [3.63, 3.8) is 0 Å². The molecule has 5 nitrogen and oxygen atoms in total. The van der Waals surface area contributed by atoms with Crippen LogP contribution >= 0.6 is 0 Å². The van der Waals surface area contributed by atoms with Gasteiger partial charge in [-0.1, -0.05) is 18.2 Å². The number of hydrogen-bond acceptors (Lipinski definition) is 3. The summed E-state index contributed by atoms with van der Waals surface area (Å²) in [5.74, 6) is 0. The standard InChI is InChI=1S/C15H22N2O3/c1-4-19-14-12(3)20-11(2)10-17(14)15(18)16-13-8-6-5-7-9-13/h5-9,11-12,14H,4,10H2,1-3H3,(H,16,18). The Morgan fingerprint density at radius 1 is 1.40 bits per heavy atom. The Morgan fingerprint density at radius 2 is 2.10 bits per heavy atom. The van der Waals surface area contributed by atoms with Gasteiger partial charge >= 0.3 is 6.03 Å². The summed E-state index contributed by atoms with van der Waals surface area (Å²) in [5, 5.41) is 2.89. The van der Waals surface area contributed by atoms with Crippen LogP contribution in [0.5, 0.6) is 0 Å². The van der Waals surface area contributed by atoms with Crippen molar-refractivity contribution in [3.8, 4) is 0 Å². The van der Waals surface area contributed by atoms with Crippen molar-refractivity contribution >= 4 is 11.7 Å². The smallest absolute Gasteiger partial charge is 0.324 e. The quantitative estimate of drug-likeness (QED) is 0.925. The van der Waals surface area contributed by atoms with E-state index in [1.807, 2.05) is 51.1 Å². The highest BCUT2D eigenvalue weighted by Crippen LogP contribution is 2.20. The number of amides is 2. The van der Waals surface area contributed by atoms with Gasteiger partial charge in [0.2, 0.25) is 0 Å². The lowest BCUT2D eigenvalue weighted by molar-refractivity contribution is -0.179. The molecule has 0 aliphatic carbocycles. The number of nitrogens with zero attached hydrogens (tertiary/aromatic N) is 1. The first-order valence-electron chi connectivity index (χ1n) is 7.01. The van der Waals surface area contributed by atoms with Crippen LogP contribution in [0.3, 0.4) is 0 Å². The van der Waals surface area contributed by atoms with E-state index in [0.717, 1.165) is 5.69 Å². The van der Waals surface area contributed by atoms with Crippen LogP contribution in [0.4, 0.5) is 10.5 Å². The second-order valence-corrected chi connectivity index (χ2v) is 4.95. The number of benzene rings is 1. The molecular formula is C15H22N2O3. The largest absolute Gasteiger partial charge is 0.369 e. The summed E-state index contributed by atoms with van der Waals surface area (Å²) in [6.45, 7) is 6.87. The normalized spacial score (nSPS) is 26.4. The number of morpholine rings is 1. The number of rotatable bonds is 3. The van der Waals surface area contributed by atoms with Gasteiger partial charge in [-0.15, -0.1) is 0 Å². The zero-order chi connectivity index (χ0) is 14.5. The van der Waals surface area contributed by atoms with E-state index in [4.69, 9.17) is 9.47 Å². The Labute approximate surface area is 119 Å². The first kappa shape index (κ1) is 14.8. The molecule has 3 unspecified atom stereocenters. The summed E-state index contributed by atoms with van der Waals surface area (Å²) < 4.78 is 11.4. The molecule has 1 aliphatic rings. The molecule has 1 N–H and O–H groups in total. The average Bonchev–Trinajstić information content (AvgIpc) is 2.42. The lowest BCUT2D eigenvalue weighted by Gasteiger charge is -2.42. The Kier molecular flexibility index (Phi) is 4.98. The van der Waals surface area contributed by atoms with E-state index >= 15 is 0 Å². The van der Waals surface area contributed by atoms with Crippen molar-refractivity contribution in [2.75, 3.05) is 18.5 Å². The number of hydrogen-bond donors (Lipinski definition) is 1. The van der Waals surface area contributed by atoms with Crippen LogP contribution in [0.2, 0.25) is 0 Å². The molecule has 1 aromatic rings. The minimum atomic E-state index is -0.347. The van der Waals surface area contributed by atoms with Gasteiger partial charge < -0.3 is 14.8 Å². The lowest BCUT2D eigenvalue weighted by atomic mass is 10.2. The maximum absolute atomic E-state index is 12.4. The van der Waals surface area contributed by atoms with Crippen LogP contribution in [0.25, 0.3) is 0 Å². The van der Waals surface area contributed by atoms with Crippen molar-refractivity contribution in [2.45, 2.75) is 39.2 Å². The number of nitrogens with one attached hydrogen (secondary N) is 1. The van der Waals surface area contributed by atoms with Crippen molar-refractivity contribution in [2.24, 2.45) is 0 Å². The summed E-state index contributed by atoms with van der Waals surface area (Å²) in [6, 6.07) is 9.26. The molecule has 20 heavy (non-hydrogen) atoms. The summed E-state index contributed by atoms with van der Waals surface area (Å²) in [4.78, 5) is 14.1. The van der Waals surface area contributed by atoms with Crippen LogP contribution in [0, 0.1) is 0 Å². The molecule has 1 aromatic carbocycles. The fourth-order valence-electron chi connectivity index (χ4n) is 2.42. The van der Waals surface area contributed by atoms with Gasteiger partial charge in [0, 0.05) is 12.3 Å². The maximum atomic E-state index is 12.4. The molecule has 0 saturated carbocycles. The van der Waals surface area contributed by atoms with Crippen molar-refractivity contribution in [3.05, 3.63) is 30.3 Å². The third kappa shape index (κ3) is 3.49. The predicted octanol–water partition coefficient (Wildman–Crippen LogP) is 2.69. The third-order valence-electron chi connectivity index (χ3n) is 3.23. The molecule has 0 bridgehead atoms. The number of para-hydroxylation sites is 1. The van der Waals surface area contributed by atoms with Crippen molar-refractivity contribution in [1.82, 2.24) is 4.90 Å². The van der Waals surface area contributed by atoms with Gasteiger partial charge in [0.05, 0.1) is 12.6 Å². The molecule has 3 atom stereocenters. The number of carbonyl (C=O) groups excluding carboxylic acids is 1. The first-order valence-corrected chi connectivity index (χ1v) is 7.01. The SMILES string of the molecule is CCOC1C(C)OC(C)CN1C(=O)Nc1ccccc1. The molecule has 1 heterocycles. The molecule has 1 aliphatic heterocycles. The van der Waals surface area contributed by atoms with Crippen LogP contribution in [-0.2, 0) is 9.47 Å². The summed E-state index contributed by atoms with van der Waals surface area (Å²) in [6.07, 6.45) is -0.483. The van der Waals surface area contributed by atoms with Gasteiger partial charge in [-0.3, -0.25) is 4.90 Å². The first-order chi connectivity index (χ1) is 9.61.